The largest absolute Gasteiger partial charge is 0.398 e. The second-order valence-electron chi connectivity index (χ2n) is 3.27. The monoisotopic (exact) mass is 176 g/mol. The second-order valence-corrected chi connectivity index (χ2v) is 3.27. The molecule has 0 aliphatic rings. The lowest BCUT2D eigenvalue weighted by Crippen LogP contribution is -2.10. The Labute approximate surface area is 79.2 Å². The van der Waals surface area contributed by atoms with Gasteiger partial charge in [-0.15, -0.1) is 6.58 Å². The van der Waals surface area contributed by atoms with Gasteiger partial charge in [0.15, 0.2) is 0 Å². The first kappa shape index (κ1) is 9.81. The fourth-order valence-electron chi connectivity index (χ4n) is 1.28. The predicted molar refractivity (Wildman–Crippen MR) is 57.5 cm³/mol. The Bertz CT molecular complexity index is 329. The van der Waals surface area contributed by atoms with E-state index in [1.165, 1.54) is 5.56 Å². The molecule has 0 amide bonds. The van der Waals surface area contributed by atoms with Crippen LogP contribution in [0.25, 0.3) is 0 Å². The Morgan fingerprint density at radius 1 is 1.38 bits per heavy atom. The normalized spacial score (nSPS) is 12.5. The maximum absolute atomic E-state index is 5.93. The van der Waals surface area contributed by atoms with Crippen molar-refractivity contribution in [2.24, 2.45) is 5.73 Å². The molecule has 0 aliphatic heterocycles. The zero-order valence-corrected chi connectivity index (χ0v) is 8.17. The van der Waals surface area contributed by atoms with Gasteiger partial charge in [-0.2, -0.15) is 0 Å². The molecule has 1 aromatic carbocycles. The van der Waals surface area contributed by atoms with E-state index >= 15 is 0 Å². The standard InChI is InChI=1S/C11H16N2/c1-4-10(12)9-6-5-7(2)8(3)11(9)13/h4-6,10H,1,12-13H2,2-3H3/t10-/m0/s1. The van der Waals surface area contributed by atoms with Crippen molar-refractivity contribution < 1.29 is 0 Å². The van der Waals surface area contributed by atoms with Gasteiger partial charge in [0.2, 0.25) is 0 Å². The van der Waals surface area contributed by atoms with Crippen LogP contribution in [-0.2, 0) is 0 Å². The lowest BCUT2D eigenvalue weighted by Gasteiger charge is -2.13. The van der Waals surface area contributed by atoms with Gasteiger partial charge in [0.25, 0.3) is 0 Å². The van der Waals surface area contributed by atoms with Crippen LogP contribution in [0, 0.1) is 13.8 Å². The topological polar surface area (TPSA) is 52.0 Å². The van der Waals surface area contributed by atoms with Crippen molar-refractivity contribution in [1.29, 1.82) is 0 Å². The Balaban J connectivity index is 3.25. The summed E-state index contributed by atoms with van der Waals surface area (Å²) in [5.41, 5.74) is 15.8. The van der Waals surface area contributed by atoms with Gasteiger partial charge < -0.3 is 11.5 Å². The Kier molecular flexibility index (Phi) is 2.73. The van der Waals surface area contributed by atoms with E-state index in [0.29, 0.717) is 0 Å². The van der Waals surface area contributed by atoms with Gasteiger partial charge in [0, 0.05) is 11.7 Å². The Hall–Kier alpha value is -1.28. The van der Waals surface area contributed by atoms with Crippen molar-refractivity contribution in [3.63, 3.8) is 0 Å². The maximum atomic E-state index is 5.93. The van der Waals surface area contributed by atoms with E-state index < -0.39 is 0 Å². The third-order valence-electron chi connectivity index (χ3n) is 2.43. The van der Waals surface area contributed by atoms with E-state index in [1.54, 1.807) is 6.08 Å². The minimum Gasteiger partial charge on any atom is -0.398 e. The summed E-state index contributed by atoms with van der Waals surface area (Å²) in [5, 5.41) is 0. The Morgan fingerprint density at radius 2 is 2.00 bits per heavy atom. The summed E-state index contributed by atoms with van der Waals surface area (Å²) >= 11 is 0. The molecule has 4 N–H and O–H groups in total. The molecule has 0 aromatic heterocycles. The summed E-state index contributed by atoms with van der Waals surface area (Å²) in [4.78, 5) is 0. The lowest BCUT2D eigenvalue weighted by molar-refractivity contribution is 0.915. The van der Waals surface area contributed by atoms with E-state index in [0.717, 1.165) is 16.8 Å². The number of rotatable bonds is 2. The highest BCUT2D eigenvalue weighted by Gasteiger charge is 2.08. The lowest BCUT2D eigenvalue weighted by atomic mass is 9.99. The van der Waals surface area contributed by atoms with Crippen LogP contribution in [0.5, 0.6) is 0 Å². The zero-order valence-electron chi connectivity index (χ0n) is 8.17. The van der Waals surface area contributed by atoms with Gasteiger partial charge >= 0.3 is 0 Å². The van der Waals surface area contributed by atoms with Crippen LogP contribution in [0.1, 0.15) is 22.7 Å². The molecule has 13 heavy (non-hydrogen) atoms. The maximum Gasteiger partial charge on any atom is 0.0499 e. The van der Waals surface area contributed by atoms with Crippen molar-refractivity contribution in [3.05, 3.63) is 41.5 Å². The molecule has 2 heteroatoms. The van der Waals surface area contributed by atoms with E-state index in [1.807, 2.05) is 26.0 Å². The highest BCUT2D eigenvalue weighted by atomic mass is 14.7. The van der Waals surface area contributed by atoms with Crippen LogP contribution in [0.2, 0.25) is 0 Å². The van der Waals surface area contributed by atoms with Crippen molar-refractivity contribution >= 4 is 5.69 Å². The molecule has 0 fully saturated rings. The van der Waals surface area contributed by atoms with Crippen LogP contribution in [0.15, 0.2) is 24.8 Å². The van der Waals surface area contributed by atoms with Crippen LogP contribution < -0.4 is 11.5 Å². The van der Waals surface area contributed by atoms with Gasteiger partial charge in [0.05, 0.1) is 0 Å². The number of benzene rings is 1. The van der Waals surface area contributed by atoms with Crippen molar-refractivity contribution in [1.82, 2.24) is 0 Å². The van der Waals surface area contributed by atoms with Gasteiger partial charge in [-0.1, -0.05) is 18.2 Å². The average Bonchev–Trinajstić information content (AvgIpc) is 2.13. The molecular formula is C11H16N2. The molecule has 1 rings (SSSR count). The summed E-state index contributed by atoms with van der Waals surface area (Å²) in [6.45, 7) is 7.69. The molecule has 0 aliphatic carbocycles. The van der Waals surface area contributed by atoms with E-state index in [2.05, 4.69) is 6.58 Å². The van der Waals surface area contributed by atoms with Gasteiger partial charge in [-0.3, -0.25) is 0 Å². The van der Waals surface area contributed by atoms with Crippen molar-refractivity contribution in [3.8, 4) is 0 Å². The van der Waals surface area contributed by atoms with E-state index in [4.69, 9.17) is 11.5 Å². The van der Waals surface area contributed by atoms with Gasteiger partial charge in [0.1, 0.15) is 0 Å². The summed E-state index contributed by atoms with van der Waals surface area (Å²) in [5.74, 6) is 0. The van der Waals surface area contributed by atoms with Crippen molar-refractivity contribution in [2.75, 3.05) is 5.73 Å². The molecule has 0 unspecified atom stereocenters. The third kappa shape index (κ3) is 1.73. The van der Waals surface area contributed by atoms with Crippen LogP contribution >= 0.6 is 0 Å². The third-order valence-corrected chi connectivity index (χ3v) is 2.43. The van der Waals surface area contributed by atoms with Crippen LogP contribution in [-0.4, -0.2) is 0 Å². The second kappa shape index (κ2) is 3.62. The number of anilines is 1. The first-order valence-electron chi connectivity index (χ1n) is 4.31. The molecular weight excluding hydrogens is 160 g/mol. The first-order valence-corrected chi connectivity index (χ1v) is 4.31. The number of hydrogen-bond donors (Lipinski definition) is 2. The van der Waals surface area contributed by atoms with E-state index in [9.17, 15) is 0 Å². The number of nitrogens with two attached hydrogens (primary N) is 2. The van der Waals surface area contributed by atoms with Gasteiger partial charge in [-0.05, 0) is 30.5 Å². The highest BCUT2D eigenvalue weighted by Crippen LogP contribution is 2.24. The first-order chi connectivity index (χ1) is 6.07. The zero-order chi connectivity index (χ0) is 10.0. The molecule has 70 valence electrons. The van der Waals surface area contributed by atoms with Crippen LogP contribution in [0.4, 0.5) is 5.69 Å². The molecule has 0 saturated carbocycles. The van der Waals surface area contributed by atoms with E-state index in [-0.39, 0.29) is 6.04 Å². The molecule has 1 atom stereocenters. The quantitative estimate of drug-likeness (QED) is 0.535. The minimum absolute atomic E-state index is 0.167. The SMILES string of the molecule is C=C[C@H](N)c1ccc(C)c(C)c1N. The number of hydrogen-bond acceptors (Lipinski definition) is 2. The molecule has 2 nitrogen and oxygen atoms in total. The average molecular weight is 176 g/mol. The summed E-state index contributed by atoms with van der Waals surface area (Å²) < 4.78 is 0. The summed E-state index contributed by atoms with van der Waals surface area (Å²) in [6.07, 6.45) is 1.69. The molecule has 0 spiro atoms. The van der Waals surface area contributed by atoms with Crippen LogP contribution in [0.3, 0.4) is 0 Å². The number of nitrogen functional groups attached to an aromatic ring is 1. The molecule has 0 saturated heterocycles. The summed E-state index contributed by atoms with van der Waals surface area (Å²) in [6, 6.07) is 3.83. The summed E-state index contributed by atoms with van der Waals surface area (Å²) in [7, 11) is 0. The number of aryl methyl sites for hydroxylation is 1. The smallest absolute Gasteiger partial charge is 0.0499 e. The molecule has 0 radical (unpaired) electrons. The predicted octanol–water partition coefficient (Wildman–Crippen LogP) is 2.07. The minimum atomic E-state index is -0.167. The molecule has 0 bridgehead atoms. The fourth-order valence-corrected chi connectivity index (χ4v) is 1.28. The molecule has 1 aromatic rings. The fraction of sp³-hybridized carbons (Fsp3) is 0.273. The Morgan fingerprint density at radius 3 is 2.54 bits per heavy atom. The highest BCUT2D eigenvalue weighted by molar-refractivity contribution is 5.58. The van der Waals surface area contributed by atoms with Gasteiger partial charge in [-0.25, -0.2) is 0 Å². The van der Waals surface area contributed by atoms with Crippen molar-refractivity contribution in [2.45, 2.75) is 19.9 Å². The molecule has 0 heterocycles.